The predicted octanol–water partition coefficient (Wildman–Crippen LogP) is 3.71. The van der Waals surface area contributed by atoms with Gasteiger partial charge in [0.05, 0.1) is 17.6 Å². The van der Waals surface area contributed by atoms with Gasteiger partial charge < -0.3 is 19.4 Å². The van der Waals surface area contributed by atoms with Crippen LogP contribution in [-0.4, -0.2) is 27.9 Å². The van der Waals surface area contributed by atoms with Gasteiger partial charge in [-0.2, -0.15) is 0 Å². The van der Waals surface area contributed by atoms with Crippen LogP contribution in [0.2, 0.25) is 0 Å². The van der Waals surface area contributed by atoms with Gasteiger partial charge in [0.25, 0.3) is 0 Å². The highest BCUT2D eigenvalue weighted by atomic mass is 19.1. The molecule has 0 spiro atoms. The molecule has 0 bridgehead atoms. The lowest BCUT2D eigenvalue weighted by Crippen LogP contribution is -2.35. The second kappa shape index (κ2) is 5.65. The molecule has 1 N–H and O–H groups in total. The van der Waals surface area contributed by atoms with Gasteiger partial charge in [-0.05, 0) is 46.8 Å². The Labute approximate surface area is 139 Å². The molecule has 1 aromatic heterocycles. The maximum Gasteiger partial charge on any atom is 0.408 e. The molecule has 2 aromatic rings. The van der Waals surface area contributed by atoms with Crippen LogP contribution < -0.4 is 10.1 Å². The number of nitrogens with one attached hydrogen (secondary N) is 1. The molecule has 1 aromatic carbocycles. The number of hydrogen-bond donors (Lipinski definition) is 1. The van der Waals surface area contributed by atoms with Crippen LogP contribution >= 0.6 is 0 Å². The minimum absolute atomic E-state index is 0.0119. The molecule has 7 heteroatoms. The molecule has 1 aliphatic heterocycles. The molecule has 2 heterocycles. The molecule has 2 atom stereocenters. The first kappa shape index (κ1) is 16.5. The summed E-state index contributed by atoms with van der Waals surface area (Å²) in [6.45, 7) is 9.56. The van der Waals surface area contributed by atoms with Crippen LogP contribution in [0.5, 0.6) is 5.75 Å². The largest absolute Gasteiger partial charge is 0.486 e. The van der Waals surface area contributed by atoms with Crippen molar-refractivity contribution in [1.29, 1.82) is 0 Å². The van der Waals surface area contributed by atoms with Crippen molar-refractivity contribution in [2.24, 2.45) is 0 Å². The van der Waals surface area contributed by atoms with E-state index in [9.17, 15) is 9.18 Å². The maximum absolute atomic E-state index is 14.0. The third-order valence-corrected chi connectivity index (χ3v) is 3.82. The average molecular weight is 335 g/mol. The van der Waals surface area contributed by atoms with Crippen LogP contribution in [0.1, 0.15) is 52.5 Å². The Morgan fingerprint density at radius 1 is 1.50 bits per heavy atom. The summed E-state index contributed by atoms with van der Waals surface area (Å²) in [7, 11) is 0. The van der Waals surface area contributed by atoms with E-state index in [4.69, 9.17) is 9.47 Å². The van der Waals surface area contributed by atoms with E-state index in [1.165, 1.54) is 6.07 Å². The van der Waals surface area contributed by atoms with Crippen LogP contribution in [0, 0.1) is 5.82 Å². The first-order chi connectivity index (χ1) is 11.2. The Morgan fingerprint density at radius 2 is 2.21 bits per heavy atom. The van der Waals surface area contributed by atoms with Crippen LogP contribution in [-0.2, 0) is 4.74 Å². The lowest BCUT2D eigenvalue weighted by molar-refractivity contribution is 0.0504. The molecule has 0 fully saturated rings. The number of ether oxygens (including phenoxy) is 2. The van der Waals surface area contributed by atoms with E-state index in [-0.39, 0.29) is 17.8 Å². The second-order valence-electron chi connectivity index (χ2n) is 7.11. The Kier molecular flexibility index (Phi) is 3.89. The topological polar surface area (TPSA) is 65.4 Å². The van der Waals surface area contributed by atoms with Gasteiger partial charge in [0.1, 0.15) is 23.5 Å². The fourth-order valence-corrected chi connectivity index (χ4v) is 2.87. The number of benzene rings is 1. The summed E-state index contributed by atoms with van der Waals surface area (Å²) in [4.78, 5) is 16.6. The van der Waals surface area contributed by atoms with Gasteiger partial charge in [-0.1, -0.05) is 0 Å². The molecule has 2 unspecified atom stereocenters. The van der Waals surface area contributed by atoms with Crippen molar-refractivity contribution in [2.75, 3.05) is 6.61 Å². The number of alkyl carbamates (subject to hydrolysis) is 1. The molecule has 0 radical (unpaired) electrons. The zero-order valence-electron chi connectivity index (χ0n) is 14.5. The monoisotopic (exact) mass is 335 g/mol. The molecule has 0 saturated heterocycles. The van der Waals surface area contributed by atoms with E-state index in [2.05, 4.69) is 10.3 Å². The number of carbonyl (C=O) groups is 1. The Morgan fingerprint density at radius 3 is 2.88 bits per heavy atom. The van der Waals surface area contributed by atoms with Gasteiger partial charge in [0.15, 0.2) is 11.6 Å². The highest BCUT2D eigenvalue weighted by molar-refractivity contribution is 5.84. The number of amides is 1. The van der Waals surface area contributed by atoms with Crippen LogP contribution in [0.15, 0.2) is 12.1 Å². The van der Waals surface area contributed by atoms with E-state index in [1.54, 1.807) is 26.8 Å². The summed E-state index contributed by atoms with van der Waals surface area (Å²) in [6, 6.07) is 2.57. The quantitative estimate of drug-likeness (QED) is 0.908. The number of rotatable bonds is 2. The zero-order chi connectivity index (χ0) is 17.6. The first-order valence-electron chi connectivity index (χ1n) is 8.00. The number of halogens is 1. The molecule has 0 saturated carbocycles. The molecular formula is C17H22FN3O3. The van der Waals surface area contributed by atoms with E-state index in [0.29, 0.717) is 23.5 Å². The highest BCUT2D eigenvalue weighted by Gasteiger charge is 2.29. The first-order valence-corrected chi connectivity index (χ1v) is 8.00. The smallest absolute Gasteiger partial charge is 0.408 e. The minimum Gasteiger partial charge on any atom is -0.486 e. The summed E-state index contributed by atoms with van der Waals surface area (Å²) in [5, 5.41) is 2.79. The van der Waals surface area contributed by atoms with Crippen molar-refractivity contribution >= 4 is 17.1 Å². The molecule has 3 rings (SSSR count). The fraction of sp³-hybridized carbons (Fsp3) is 0.529. The van der Waals surface area contributed by atoms with Crippen molar-refractivity contribution in [2.45, 2.75) is 52.3 Å². The van der Waals surface area contributed by atoms with Crippen molar-refractivity contribution in [3.05, 3.63) is 23.8 Å². The van der Waals surface area contributed by atoms with Crippen molar-refractivity contribution in [3.63, 3.8) is 0 Å². The SMILES string of the molecule is CC(NC(=O)OC(C)(C)C)c1nc2ccc(F)c3c2n1C(C)CO3. The number of hydrogen-bond acceptors (Lipinski definition) is 4. The lowest BCUT2D eigenvalue weighted by Gasteiger charge is -2.27. The summed E-state index contributed by atoms with van der Waals surface area (Å²) >= 11 is 0. The summed E-state index contributed by atoms with van der Waals surface area (Å²) in [5.41, 5.74) is 0.694. The zero-order valence-corrected chi connectivity index (χ0v) is 14.5. The van der Waals surface area contributed by atoms with Gasteiger partial charge in [0.2, 0.25) is 0 Å². The van der Waals surface area contributed by atoms with Gasteiger partial charge in [-0.3, -0.25) is 0 Å². The number of nitrogens with zero attached hydrogens (tertiary/aromatic N) is 2. The van der Waals surface area contributed by atoms with Gasteiger partial charge in [-0.15, -0.1) is 0 Å². The maximum atomic E-state index is 14.0. The normalized spacial score (nSPS) is 18.2. The Bertz CT molecular complexity index is 794. The van der Waals surface area contributed by atoms with Crippen molar-refractivity contribution in [1.82, 2.24) is 14.9 Å². The minimum atomic E-state index is -0.577. The molecular weight excluding hydrogens is 313 g/mol. The van der Waals surface area contributed by atoms with Gasteiger partial charge in [-0.25, -0.2) is 14.2 Å². The van der Waals surface area contributed by atoms with Crippen molar-refractivity contribution in [3.8, 4) is 5.75 Å². The molecule has 24 heavy (non-hydrogen) atoms. The van der Waals surface area contributed by atoms with E-state index < -0.39 is 17.5 Å². The number of carbonyl (C=O) groups excluding carboxylic acids is 1. The van der Waals surface area contributed by atoms with Gasteiger partial charge in [0, 0.05) is 0 Å². The summed E-state index contributed by atoms with van der Waals surface area (Å²) < 4.78 is 26.8. The third-order valence-electron chi connectivity index (χ3n) is 3.82. The van der Waals surface area contributed by atoms with Crippen LogP contribution in [0.3, 0.4) is 0 Å². The average Bonchev–Trinajstić information content (AvgIpc) is 2.84. The standard InChI is InChI=1S/C17H22FN3O3/c1-9-8-23-14-11(18)6-7-12-13(14)21(9)15(20-12)10(2)19-16(22)24-17(3,4)5/h6-7,9-10H,8H2,1-5H3,(H,19,22). The van der Waals surface area contributed by atoms with E-state index >= 15 is 0 Å². The lowest BCUT2D eigenvalue weighted by atomic mass is 10.2. The molecule has 0 aliphatic carbocycles. The number of imidazole rings is 1. The van der Waals surface area contributed by atoms with Crippen molar-refractivity contribution < 1.29 is 18.7 Å². The molecule has 1 aliphatic rings. The van der Waals surface area contributed by atoms with E-state index in [0.717, 1.165) is 0 Å². The number of aromatic nitrogens is 2. The van der Waals surface area contributed by atoms with Crippen LogP contribution in [0.25, 0.3) is 11.0 Å². The molecule has 130 valence electrons. The van der Waals surface area contributed by atoms with Crippen LogP contribution in [0.4, 0.5) is 9.18 Å². The predicted molar refractivity (Wildman–Crippen MR) is 87.7 cm³/mol. The highest BCUT2D eigenvalue weighted by Crippen LogP contribution is 2.37. The summed E-state index contributed by atoms with van der Waals surface area (Å²) in [6.07, 6.45) is -0.513. The van der Waals surface area contributed by atoms with Gasteiger partial charge >= 0.3 is 6.09 Å². The fourth-order valence-electron chi connectivity index (χ4n) is 2.87. The van der Waals surface area contributed by atoms with E-state index in [1.807, 2.05) is 18.4 Å². The second-order valence-corrected chi connectivity index (χ2v) is 7.11. The third kappa shape index (κ3) is 2.90. The molecule has 6 nitrogen and oxygen atoms in total. The summed E-state index contributed by atoms with van der Waals surface area (Å²) in [5.74, 6) is 0.460. The Balaban J connectivity index is 1.97. The molecule has 1 amide bonds. The Hall–Kier alpha value is -2.31.